The Morgan fingerprint density at radius 1 is 1.03 bits per heavy atom. The number of nitrogens with zero attached hydrogens (tertiary/aromatic N) is 1. The number of hydrogen-bond acceptors (Lipinski definition) is 3. The molecule has 2 N–H and O–H groups in total. The molecule has 194 valence electrons. The lowest BCUT2D eigenvalue weighted by Gasteiger charge is -2.29. The molecule has 0 radical (unpaired) electrons. The summed E-state index contributed by atoms with van der Waals surface area (Å²) in [6, 6.07) is 15.4. The van der Waals surface area contributed by atoms with Crippen LogP contribution in [0.2, 0.25) is 0 Å². The fourth-order valence-corrected chi connectivity index (χ4v) is 5.73. The number of hydrogen-bond donors (Lipinski definition) is 2. The lowest BCUT2D eigenvalue weighted by Crippen LogP contribution is -2.51. The molecule has 1 fully saturated rings. The summed E-state index contributed by atoms with van der Waals surface area (Å²) in [6.07, 6.45) is 9.03. The first-order valence-electron chi connectivity index (χ1n) is 13.7. The third-order valence-corrected chi connectivity index (χ3v) is 8.00. The molecule has 0 saturated heterocycles. The zero-order valence-electron chi connectivity index (χ0n) is 22.1. The SMILES string of the molecule is CC(C)(C)c1ccc(CN2C(=O)[C@H](N[C@@H](CCC3CCCCC3)C(=O)O)CCc3ccccc32)cc1. The number of benzene rings is 2. The number of carboxylic acids is 1. The highest BCUT2D eigenvalue weighted by molar-refractivity contribution is 5.98. The molecule has 1 heterocycles. The highest BCUT2D eigenvalue weighted by atomic mass is 16.4. The van der Waals surface area contributed by atoms with Gasteiger partial charge in [-0.2, -0.15) is 0 Å². The molecule has 2 atom stereocenters. The van der Waals surface area contributed by atoms with Gasteiger partial charge in [-0.25, -0.2) is 0 Å². The second-order valence-corrected chi connectivity index (χ2v) is 11.7. The molecule has 2 aromatic rings. The van der Waals surface area contributed by atoms with Gasteiger partial charge in [0.25, 0.3) is 0 Å². The van der Waals surface area contributed by atoms with E-state index in [0.29, 0.717) is 25.3 Å². The van der Waals surface area contributed by atoms with Crippen molar-refractivity contribution < 1.29 is 14.7 Å². The minimum atomic E-state index is -0.857. The van der Waals surface area contributed by atoms with Crippen LogP contribution in [0.5, 0.6) is 0 Å². The second-order valence-electron chi connectivity index (χ2n) is 11.7. The quantitative estimate of drug-likeness (QED) is 0.460. The Labute approximate surface area is 216 Å². The van der Waals surface area contributed by atoms with E-state index in [2.05, 4.69) is 56.4 Å². The number of aryl methyl sites for hydroxylation is 1. The van der Waals surface area contributed by atoms with Crippen molar-refractivity contribution in [3.05, 3.63) is 65.2 Å². The van der Waals surface area contributed by atoms with Crippen LogP contribution in [-0.2, 0) is 28.0 Å². The first-order valence-corrected chi connectivity index (χ1v) is 13.7. The summed E-state index contributed by atoms with van der Waals surface area (Å²) in [7, 11) is 0. The zero-order valence-corrected chi connectivity index (χ0v) is 22.1. The lowest BCUT2D eigenvalue weighted by molar-refractivity contribution is -0.140. The van der Waals surface area contributed by atoms with Crippen molar-refractivity contribution in [3.8, 4) is 0 Å². The average molecular weight is 491 g/mol. The number of nitrogens with one attached hydrogen (secondary N) is 1. The number of anilines is 1. The molecule has 1 aliphatic carbocycles. The third-order valence-electron chi connectivity index (χ3n) is 8.00. The Kier molecular flexibility index (Phi) is 8.50. The lowest BCUT2D eigenvalue weighted by atomic mass is 9.85. The van der Waals surface area contributed by atoms with Crippen LogP contribution in [0.1, 0.15) is 88.8 Å². The van der Waals surface area contributed by atoms with Gasteiger partial charge in [0.2, 0.25) is 5.91 Å². The standard InChI is InChI=1S/C31H42N2O3/c1-31(2,3)25-17-13-23(14-18-25)21-33-28-12-8-7-11-24(28)16-20-26(29(33)34)32-27(30(35)36)19-15-22-9-5-4-6-10-22/h7-8,11-14,17-18,22,26-27,32H,4-6,9-10,15-16,19-21H2,1-3H3,(H,35,36)/t26-,27+/m1/s1. The van der Waals surface area contributed by atoms with Crippen LogP contribution in [-0.4, -0.2) is 29.1 Å². The van der Waals surface area contributed by atoms with Crippen LogP contribution in [0.15, 0.2) is 48.5 Å². The number of amides is 1. The van der Waals surface area contributed by atoms with Gasteiger partial charge in [-0.3, -0.25) is 14.9 Å². The number of para-hydroxylation sites is 1. The fourth-order valence-electron chi connectivity index (χ4n) is 5.73. The van der Waals surface area contributed by atoms with Crippen LogP contribution < -0.4 is 10.2 Å². The molecule has 0 unspecified atom stereocenters. The van der Waals surface area contributed by atoms with E-state index in [1.54, 1.807) is 0 Å². The van der Waals surface area contributed by atoms with Gasteiger partial charge in [0.1, 0.15) is 6.04 Å². The molecule has 5 nitrogen and oxygen atoms in total. The molecule has 0 bridgehead atoms. The zero-order chi connectivity index (χ0) is 25.7. The van der Waals surface area contributed by atoms with Gasteiger partial charge in [-0.05, 0) is 59.8 Å². The summed E-state index contributed by atoms with van der Waals surface area (Å²) >= 11 is 0. The monoisotopic (exact) mass is 490 g/mol. The molecule has 36 heavy (non-hydrogen) atoms. The number of carbonyl (C=O) groups is 2. The Hall–Kier alpha value is -2.66. The molecule has 2 aliphatic rings. The molecule has 0 aromatic heterocycles. The number of rotatable bonds is 8. The van der Waals surface area contributed by atoms with Crippen molar-refractivity contribution >= 4 is 17.6 Å². The first kappa shape index (κ1) is 26.4. The van der Waals surface area contributed by atoms with Gasteiger partial charge in [-0.15, -0.1) is 0 Å². The summed E-state index contributed by atoms with van der Waals surface area (Å²) in [4.78, 5) is 27.9. The van der Waals surface area contributed by atoms with Crippen LogP contribution in [0.4, 0.5) is 5.69 Å². The van der Waals surface area contributed by atoms with Crippen LogP contribution in [0, 0.1) is 5.92 Å². The van der Waals surface area contributed by atoms with E-state index in [-0.39, 0.29) is 11.3 Å². The molecule has 1 aliphatic heterocycles. The van der Waals surface area contributed by atoms with E-state index in [4.69, 9.17) is 0 Å². The van der Waals surface area contributed by atoms with Crippen molar-refractivity contribution in [1.82, 2.24) is 5.32 Å². The topological polar surface area (TPSA) is 69.6 Å². The molecule has 1 amide bonds. The second kappa shape index (κ2) is 11.6. The molecular weight excluding hydrogens is 448 g/mol. The van der Waals surface area contributed by atoms with Crippen molar-refractivity contribution in [1.29, 1.82) is 0 Å². The average Bonchev–Trinajstić information content (AvgIpc) is 2.99. The van der Waals surface area contributed by atoms with Crippen molar-refractivity contribution in [2.24, 2.45) is 5.92 Å². The van der Waals surface area contributed by atoms with Crippen molar-refractivity contribution in [2.45, 2.75) is 103 Å². The maximum atomic E-state index is 13.9. The molecular formula is C31H42N2O3. The largest absolute Gasteiger partial charge is 0.480 e. The highest BCUT2D eigenvalue weighted by Gasteiger charge is 2.33. The van der Waals surface area contributed by atoms with Crippen molar-refractivity contribution in [2.75, 3.05) is 4.90 Å². The van der Waals surface area contributed by atoms with E-state index in [9.17, 15) is 14.7 Å². The Morgan fingerprint density at radius 2 is 1.72 bits per heavy atom. The van der Waals surface area contributed by atoms with Gasteiger partial charge in [0, 0.05) is 5.69 Å². The van der Waals surface area contributed by atoms with E-state index in [1.165, 1.54) is 37.7 Å². The van der Waals surface area contributed by atoms with Gasteiger partial charge in [0.05, 0.1) is 12.6 Å². The number of fused-ring (bicyclic) bond motifs is 1. The predicted octanol–water partition coefficient (Wildman–Crippen LogP) is 6.24. The Morgan fingerprint density at radius 3 is 2.39 bits per heavy atom. The molecule has 5 heteroatoms. The van der Waals surface area contributed by atoms with Gasteiger partial charge >= 0.3 is 5.97 Å². The normalized spacial score (nSPS) is 20.0. The van der Waals surface area contributed by atoms with E-state index >= 15 is 0 Å². The predicted molar refractivity (Wildman–Crippen MR) is 145 cm³/mol. The van der Waals surface area contributed by atoms with E-state index < -0.39 is 18.1 Å². The summed E-state index contributed by atoms with van der Waals surface area (Å²) in [5.41, 5.74) is 4.47. The van der Waals surface area contributed by atoms with Gasteiger partial charge in [-0.1, -0.05) is 95.3 Å². The maximum Gasteiger partial charge on any atom is 0.320 e. The Balaban J connectivity index is 1.51. The third kappa shape index (κ3) is 6.56. The van der Waals surface area contributed by atoms with Crippen LogP contribution >= 0.6 is 0 Å². The molecule has 4 rings (SSSR count). The highest BCUT2D eigenvalue weighted by Crippen LogP contribution is 2.31. The molecule has 1 saturated carbocycles. The van der Waals surface area contributed by atoms with E-state index in [0.717, 1.165) is 29.7 Å². The summed E-state index contributed by atoms with van der Waals surface area (Å²) in [5.74, 6) is -0.280. The fraction of sp³-hybridized carbons (Fsp3) is 0.548. The van der Waals surface area contributed by atoms with Crippen molar-refractivity contribution in [3.63, 3.8) is 0 Å². The maximum absolute atomic E-state index is 13.9. The summed E-state index contributed by atoms with van der Waals surface area (Å²) < 4.78 is 0. The van der Waals surface area contributed by atoms with E-state index in [1.807, 2.05) is 23.1 Å². The minimum absolute atomic E-state index is 0.0382. The Bertz CT molecular complexity index is 1030. The van der Waals surface area contributed by atoms with Crippen LogP contribution in [0.25, 0.3) is 0 Å². The number of aliphatic carboxylic acids is 1. The molecule has 0 spiro atoms. The minimum Gasteiger partial charge on any atom is -0.480 e. The van der Waals surface area contributed by atoms with Gasteiger partial charge < -0.3 is 10.0 Å². The summed E-state index contributed by atoms with van der Waals surface area (Å²) in [5, 5.41) is 13.2. The van der Waals surface area contributed by atoms with Crippen LogP contribution in [0.3, 0.4) is 0 Å². The van der Waals surface area contributed by atoms with Gasteiger partial charge in [0.15, 0.2) is 0 Å². The number of carbonyl (C=O) groups excluding carboxylic acids is 1. The molecule has 2 aromatic carbocycles. The smallest absolute Gasteiger partial charge is 0.320 e. The first-order chi connectivity index (χ1) is 17.2. The summed E-state index contributed by atoms with van der Waals surface area (Å²) in [6.45, 7) is 7.05. The number of carboxylic acid groups (broad SMARTS) is 1.